The van der Waals surface area contributed by atoms with Crippen LogP contribution in [-0.2, 0) is 4.79 Å². The van der Waals surface area contributed by atoms with Gasteiger partial charge in [0.1, 0.15) is 0 Å². The van der Waals surface area contributed by atoms with E-state index in [-0.39, 0.29) is 17.7 Å². The summed E-state index contributed by atoms with van der Waals surface area (Å²) in [5.74, 6) is -0.127. The van der Waals surface area contributed by atoms with Crippen LogP contribution in [0.1, 0.15) is 40.7 Å². The minimum absolute atomic E-state index is 0.00142. The summed E-state index contributed by atoms with van der Waals surface area (Å²) >= 11 is 0. The van der Waals surface area contributed by atoms with Gasteiger partial charge >= 0.3 is 0 Å². The van der Waals surface area contributed by atoms with Crippen LogP contribution in [0.5, 0.6) is 0 Å². The summed E-state index contributed by atoms with van der Waals surface area (Å²) in [6, 6.07) is 7.91. The molecule has 2 aliphatic rings. The molecular weight excluding hydrogens is 316 g/mol. The highest BCUT2D eigenvalue weighted by Crippen LogP contribution is 2.31. The molecule has 130 valence electrons. The Labute approximate surface area is 147 Å². The maximum absolute atomic E-state index is 13.1. The summed E-state index contributed by atoms with van der Waals surface area (Å²) < 4.78 is 2.13. The van der Waals surface area contributed by atoms with E-state index in [2.05, 4.69) is 9.55 Å². The molecule has 6 nitrogen and oxygen atoms in total. The third kappa shape index (κ3) is 2.81. The van der Waals surface area contributed by atoms with Gasteiger partial charge in [0.05, 0.1) is 12.2 Å². The lowest BCUT2D eigenvalue weighted by Gasteiger charge is -2.37. The van der Waals surface area contributed by atoms with Crippen molar-refractivity contribution in [3.63, 3.8) is 0 Å². The molecule has 0 saturated carbocycles. The number of carbonyl (C=O) groups is 2. The van der Waals surface area contributed by atoms with Crippen molar-refractivity contribution in [2.24, 2.45) is 0 Å². The molecule has 1 saturated heterocycles. The number of rotatable bonds is 2. The monoisotopic (exact) mass is 338 g/mol. The van der Waals surface area contributed by atoms with Gasteiger partial charge in [-0.15, -0.1) is 0 Å². The Morgan fingerprint density at radius 2 is 1.96 bits per heavy atom. The SMILES string of the molecule is CN1CC(C(=O)N2CCC(n3ccnc3)CC2)c2ccccc2C1=O. The fourth-order valence-electron chi connectivity index (χ4n) is 3.96. The average Bonchev–Trinajstić information content (AvgIpc) is 3.19. The van der Waals surface area contributed by atoms with Gasteiger partial charge in [-0.2, -0.15) is 0 Å². The largest absolute Gasteiger partial charge is 0.342 e. The van der Waals surface area contributed by atoms with Crippen LogP contribution in [0.4, 0.5) is 0 Å². The molecule has 0 spiro atoms. The molecule has 2 aromatic rings. The summed E-state index contributed by atoms with van der Waals surface area (Å²) in [5.41, 5.74) is 1.52. The number of piperidine rings is 1. The van der Waals surface area contributed by atoms with Crippen molar-refractivity contribution in [1.82, 2.24) is 19.4 Å². The van der Waals surface area contributed by atoms with Crippen molar-refractivity contribution in [3.8, 4) is 0 Å². The maximum atomic E-state index is 13.1. The average molecular weight is 338 g/mol. The van der Waals surface area contributed by atoms with E-state index in [4.69, 9.17) is 0 Å². The number of nitrogens with zero attached hydrogens (tertiary/aromatic N) is 4. The van der Waals surface area contributed by atoms with E-state index < -0.39 is 0 Å². The Bertz CT molecular complexity index is 778. The number of amides is 2. The van der Waals surface area contributed by atoms with Crippen LogP contribution in [0.25, 0.3) is 0 Å². The standard InChI is InChI=1S/C19H22N4O2/c1-21-12-17(15-4-2-3-5-16(15)18(21)24)19(25)22-9-6-14(7-10-22)23-11-8-20-13-23/h2-5,8,11,13-14,17H,6-7,9-10,12H2,1H3. The molecule has 2 amide bonds. The Balaban J connectivity index is 1.50. The molecule has 1 atom stereocenters. The molecule has 0 radical (unpaired) electrons. The quantitative estimate of drug-likeness (QED) is 0.840. The van der Waals surface area contributed by atoms with Gasteiger partial charge in [-0.3, -0.25) is 9.59 Å². The fourth-order valence-corrected chi connectivity index (χ4v) is 3.96. The van der Waals surface area contributed by atoms with E-state index in [9.17, 15) is 9.59 Å². The molecule has 1 fully saturated rings. The normalized spacial score (nSPS) is 21.3. The molecule has 0 aliphatic carbocycles. The topological polar surface area (TPSA) is 58.4 Å². The molecule has 2 aliphatic heterocycles. The van der Waals surface area contributed by atoms with Gasteiger partial charge < -0.3 is 14.4 Å². The van der Waals surface area contributed by atoms with Crippen molar-refractivity contribution in [2.75, 3.05) is 26.7 Å². The third-order valence-corrected chi connectivity index (χ3v) is 5.39. The Morgan fingerprint density at radius 3 is 2.68 bits per heavy atom. The molecule has 3 heterocycles. The summed E-state index contributed by atoms with van der Waals surface area (Å²) in [5, 5.41) is 0. The minimum atomic E-state index is -0.260. The lowest BCUT2D eigenvalue weighted by Crippen LogP contribution is -2.47. The van der Waals surface area contributed by atoms with Crippen LogP contribution in [0, 0.1) is 0 Å². The first-order valence-corrected chi connectivity index (χ1v) is 8.76. The van der Waals surface area contributed by atoms with Gasteiger partial charge in [-0.1, -0.05) is 18.2 Å². The zero-order valence-corrected chi connectivity index (χ0v) is 14.3. The van der Waals surface area contributed by atoms with Crippen LogP contribution in [0.3, 0.4) is 0 Å². The number of carbonyl (C=O) groups excluding carboxylic acids is 2. The smallest absolute Gasteiger partial charge is 0.253 e. The third-order valence-electron chi connectivity index (χ3n) is 5.39. The van der Waals surface area contributed by atoms with E-state index in [0.717, 1.165) is 31.5 Å². The predicted octanol–water partition coefficient (Wildman–Crippen LogP) is 1.92. The Kier molecular flexibility index (Phi) is 4.03. The second-order valence-electron chi connectivity index (χ2n) is 6.89. The zero-order chi connectivity index (χ0) is 17.4. The first-order valence-electron chi connectivity index (χ1n) is 8.76. The highest BCUT2D eigenvalue weighted by molar-refractivity contribution is 6.00. The molecular formula is C19H22N4O2. The zero-order valence-electron chi connectivity index (χ0n) is 14.3. The van der Waals surface area contributed by atoms with Crippen LogP contribution < -0.4 is 0 Å². The number of fused-ring (bicyclic) bond motifs is 1. The maximum Gasteiger partial charge on any atom is 0.253 e. The van der Waals surface area contributed by atoms with E-state index in [0.29, 0.717) is 18.2 Å². The first kappa shape index (κ1) is 15.9. The molecule has 1 aromatic heterocycles. The molecule has 25 heavy (non-hydrogen) atoms. The van der Waals surface area contributed by atoms with Crippen molar-refractivity contribution in [2.45, 2.75) is 24.8 Å². The van der Waals surface area contributed by atoms with Gasteiger partial charge in [-0.05, 0) is 24.5 Å². The molecule has 1 unspecified atom stereocenters. The summed E-state index contributed by atoms with van der Waals surface area (Å²) in [4.78, 5) is 33.2. The fraction of sp³-hybridized carbons (Fsp3) is 0.421. The van der Waals surface area contributed by atoms with E-state index in [1.54, 1.807) is 18.1 Å². The minimum Gasteiger partial charge on any atom is -0.342 e. The highest BCUT2D eigenvalue weighted by atomic mass is 16.2. The van der Waals surface area contributed by atoms with Gasteiger partial charge in [-0.25, -0.2) is 4.98 Å². The molecule has 6 heteroatoms. The van der Waals surface area contributed by atoms with Crippen molar-refractivity contribution < 1.29 is 9.59 Å². The van der Waals surface area contributed by atoms with Gasteiger partial charge in [0.15, 0.2) is 0 Å². The second-order valence-corrected chi connectivity index (χ2v) is 6.89. The second kappa shape index (κ2) is 6.35. The molecule has 4 rings (SSSR count). The summed E-state index contributed by atoms with van der Waals surface area (Å²) in [6.45, 7) is 1.95. The summed E-state index contributed by atoms with van der Waals surface area (Å²) in [6.07, 6.45) is 7.50. The van der Waals surface area contributed by atoms with Crippen molar-refractivity contribution in [1.29, 1.82) is 0 Å². The van der Waals surface area contributed by atoms with E-state index in [1.807, 2.05) is 41.7 Å². The Morgan fingerprint density at radius 1 is 1.20 bits per heavy atom. The lowest BCUT2D eigenvalue weighted by atomic mass is 9.88. The van der Waals surface area contributed by atoms with Crippen LogP contribution >= 0.6 is 0 Å². The van der Waals surface area contributed by atoms with Crippen molar-refractivity contribution >= 4 is 11.8 Å². The number of hydrogen-bond donors (Lipinski definition) is 0. The van der Waals surface area contributed by atoms with Gasteiger partial charge in [0.25, 0.3) is 5.91 Å². The number of likely N-dealkylation sites (N-methyl/N-ethyl adjacent to an activating group) is 1. The highest BCUT2D eigenvalue weighted by Gasteiger charge is 2.36. The first-order chi connectivity index (χ1) is 12.1. The number of aromatic nitrogens is 2. The van der Waals surface area contributed by atoms with Crippen LogP contribution in [-0.4, -0.2) is 57.8 Å². The van der Waals surface area contributed by atoms with Crippen LogP contribution in [0.15, 0.2) is 43.0 Å². The van der Waals surface area contributed by atoms with E-state index >= 15 is 0 Å². The molecule has 1 aromatic carbocycles. The summed E-state index contributed by atoms with van der Waals surface area (Å²) in [7, 11) is 1.77. The van der Waals surface area contributed by atoms with Gasteiger partial charge in [0.2, 0.25) is 5.91 Å². The predicted molar refractivity (Wildman–Crippen MR) is 93.2 cm³/mol. The number of benzene rings is 1. The number of likely N-dealkylation sites (tertiary alicyclic amines) is 1. The van der Waals surface area contributed by atoms with Gasteiger partial charge in [0, 0.05) is 50.7 Å². The van der Waals surface area contributed by atoms with Crippen molar-refractivity contribution in [3.05, 3.63) is 54.1 Å². The molecule has 0 bridgehead atoms. The van der Waals surface area contributed by atoms with E-state index in [1.165, 1.54) is 0 Å². The molecule has 0 N–H and O–H groups in total. The Hall–Kier alpha value is -2.63. The van der Waals surface area contributed by atoms with Crippen LogP contribution in [0.2, 0.25) is 0 Å². The lowest BCUT2D eigenvalue weighted by molar-refractivity contribution is -0.134. The number of hydrogen-bond acceptors (Lipinski definition) is 3. The number of imidazole rings is 1.